The van der Waals surface area contributed by atoms with Crippen molar-refractivity contribution in [3.05, 3.63) is 98.5 Å². The van der Waals surface area contributed by atoms with Gasteiger partial charge in [0.25, 0.3) is 17.4 Å². The Labute approximate surface area is 169 Å². The maximum Gasteiger partial charge on any atom is 0.279 e. The van der Waals surface area contributed by atoms with E-state index in [4.69, 9.17) is 4.42 Å². The summed E-state index contributed by atoms with van der Waals surface area (Å²) in [6.45, 7) is 3.92. The van der Waals surface area contributed by atoms with Gasteiger partial charge in [-0.25, -0.2) is 4.68 Å². The number of imide groups is 1. The SMILES string of the molecule is C=c1[nH]n(-c2ccccc2)c(=O)c1=Cc1ccc(-c2ccc3c(c2)C(=O)NC3=O)o1. The highest BCUT2D eigenvalue weighted by molar-refractivity contribution is 6.21. The van der Waals surface area contributed by atoms with E-state index < -0.39 is 11.8 Å². The van der Waals surface area contributed by atoms with Crippen LogP contribution < -0.4 is 21.4 Å². The number of amides is 2. The van der Waals surface area contributed by atoms with Crippen LogP contribution >= 0.6 is 0 Å². The highest BCUT2D eigenvalue weighted by Gasteiger charge is 2.27. The van der Waals surface area contributed by atoms with Crippen molar-refractivity contribution >= 4 is 24.5 Å². The summed E-state index contributed by atoms with van der Waals surface area (Å²) in [4.78, 5) is 36.4. The quantitative estimate of drug-likeness (QED) is 0.513. The number of furan rings is 1. The number of nitrogens with one attached hydrogen (secondary N) is 2. The number of nitrogens with zero attached hydrogens (tertiary/aromatic N) is 1. The second kappa shape index (κ2) is 6.59. The number of hydrogen-bond donors (Lipinski definition) is 2. The largest absolute Gasteiger partial charge is 0.457 e. The highest BCUT2D eigenvalue weighted by atomic mass is 16.3. The number of fused-ring (bicyclic) bond motifs is 1. The van der Waals surface area contributed by atoms with Crippen LogP contribution in [0, 0.1) is 0 Å². The molecule has 1 aliphatic rings. The zero-order chi connectivity index (χ0) is 20.8. The molecule has 0 atom stereocenters. The predicted molar refractivity (Wildman–Crippen MR) is 111 cm³/mol. The number of rotatable bonds is 3. The zero-order valence-corrected chi connectivity index (χ0v) is 15.6. The summed E-state index contributed by atoms with van der Waals surface area (Å²) < 4.78 is 7.28. The van der Waals surface area contributed by atoms with Gasteiger partial charge in [-0.3, -0.25) is 24.8 Å². The average Bonchev–Trinajstić information content (AvgIpc) is 3.42. The number of aromatic nitrogens is 2. The lowest BCUT2D eigenvalue weighted by atomic mass is 10.0. The van der Waals surface area contributed by atoms with Crippen LogP contribution in [0.2, 0.25) is 0 Å². The lowest BCUT2D eigenvalue weighted by Crippen LogP contribution is -2.33. The fourth-order valence-corrected chi connectivity index (χ4v) is 3.45. The van der Waals surface area contributed by atoms with Crippen LogP contribution in [0.15, 0.2) is 69.9 Å². The van der Waals surface area contributed by atoms with Gasteiger partial charge in [0.05, 0.1) is 27.4 Å². The Morgan fingerprint density at radius 2 is 1.67 bits per heavy atom. The number of carbonyl (C=O) groups excluding carboxylic acids is 2. The number of carbonyl (C=O) groups is 2. The summed E-state index contributed by atoms with van der Waals surface area (Å²) in [5, 5.41) is 6.09. The Morgan fingerprint density at radius 1 is 0.900 bits per heavy atom. The number of H-pyrrole nitrogens is 1. The minimum atomic E-state index is -0.425. The summed E-state index contributed by atoms with van der Waals surface area (Å²) in [6, 6.07) is 17.6. The Bertz CT molecular complexity index is 1490. The predicted octanol–water partition coefficient (Wildman–Crippen LogP) is 1.55. The molecule has 0 saturated heterocycles. The molecule has 2 amide bonds. The smallest absolute Gasteiger partial charge is 0.279 e. The van der Waals surface area contributed by atoms with E-state index in [0.29, 0.717) is 44.5 Å². The second-order valence-electron chi connectivity index (χ2n) is 6.87. The molecule has 30 heavy (non-hydrogen) atoms. The molecule has 5 rings (SSSR count). The normalized spacial score (nSPS) is 13.5. The molecular weight excluding hydrogens is 382 g/mol. The van der Waals surface area contributed by atoms with Crippen LogP contribution in [-0.2, 0) is 0 Å². The van der Waals surface area contributed by atoms with Gasteiger partial charge in [0.2, 0.25) is 0 Å². The van der Waals surface area contributed by atoms with Gasteiger partial charge in [-0.15, -0.1) is 0 Å². The summed E-state index contributed by atoms with van der Waals surface area (Å²) in [5.41, 5.74) is 1.78. The molecule has 0 fully saturated rings. The molecule has 4 aromatic rings. The van der Waals surface area contributed by atoms with Gasteiger partial charge >= 0.3 is 0 Å². The van der Waals surface area contributed by atoms with Gasteiger partial charge in [0.1, 0.15) is 11.5 Å². The van der Waals surface area contributed by atoms with Gasteiger partial charge in [0.15, 0.2) is 0 Å². The van der Waals surface area contributed by atoms with E-state index in [1.807, 2.05) is 30.3 Å². The van der Waals surface area contributed by atoms with Gasteiger partial charge in [-0.1, -0.05) is 30.8 Å². The van der Waals surface area contributed by atoms with Crippen LogP contribution in [0.1, 0.15) is 26.5 Å². The molecule has 0 saturated carbocycles. The van der Waals surface area contributed by atoms with Crippen molar-refractivity contribution < 1.29 is 14.0 Å². The van der Waals surface area contributed by atoms with Crippen LogP contribution in [-0.4, -0.2) is 21.6 Å². The molecule has 0 bridgehead atoms. The summed E-state index contributed by atoms with van der Waals surface area (Å²) in [7, 11) is 0. The monoisotopic (exact) mass is 397 g/mol. The maximum absolute atomic E-state index is 12.8. The van der Waals surface area contributed by atoms with Gasteiger partial charge in [0, 0.05) is 5.56 Å². The molecule has 0 radical (unpaired) electrons. The minimum Gasteiger partial charge on any atom is -0.457 e. The minimum absolute atomic E-state index is 0.239. The molecule has 1 aliphatic heterocycles. The third-order valence-electron chi connectivity index (χ3n) is 4.95. The standard InChI is InChI=1S/C23H15N3O4/c1-13-18(23(29)26(25-13)15-5-3-2-4-6-15)12-16-8-10-20(30-16)14-7-9-17-19(11-14)22(28)24-21(17)27/h2-12,25H,1H2,(H,24,27,28). The average molecular weight is 397 g/mol. The maximum atomic E-state index is 12.8. The first-order chi connectivity index (χ1) is 14.5. The molecule has 0 aliphatic carbocycles. The molecular formula is C23H15N3O4. The Morgan fingerprint density at radius 3 is 2.47 bits per heavy atom. The number of aromatic amines is 1. The van der Waals surface area contributed by atoms with Crippen LogP contribution in [0.3, 0.4) is 0 Å². The van der Waals surface area contributed by atoms with Crippen molar-refractivity contribution in [1.82, 2.24) is 15.1 Å². The molecule has 0 unspecified atom stereocenters. The third-order valence-corrected chi connectivity index (χ3v) is 4.95. The Kier molecular flexibility index (Phi) is 3.89. The molecule has 2 aromatic carbocycles. The van der Waals surface area contributed by atoms with Crippen molar-refractivity contribution in [2.24, 2.45) is 0 Å². The molecule has 146 valence electrons. The van der Waals surface area contributed by atoms with Gasteiger partial charge < -0.3 is 4.42 Å². The van der Waals surface area contributed by atoms with Crippen LogP contribution in [0.25, 0.3) is 29.7 Å². The van der Waals surface area contributed by atoms with Crippen molar-refractivity contribution in [3.8, 4) is 17.0 Å². The first kappa shape index (κ1) is 17.7. The first-order valence-electron chi connectivity index (χ1n) is 9.18. The summed E-state index contributed by atoms with van der Waals surface area (Å²) in [6.07, 6.45) is 1.62. The van der Waals surface area contributed by atoms with Crippen molar-refractivity contribution in [2.75, 3.05) is 0 Å². The molecule has 3 heterocycles. The van der Waals surface area contributed by atoms with Crippen molar-refractivity contribution in [2.45, 2.75) is 0 Å². The van der Waals surface area contributed by atoms with Crippen LogP contribution in [0.4, 0.5) is 0 Å². The van der Waals surface area contributed by atoms with Crippen molar-refractivity contribution in [3.63, 3.8) is 0 Å². The second-order valence-corrected chi connectivity index (χ2v) is 6.87. The molecule has 0 spiro atoms. The van der Waals surface area contributed by atoms with Crippen LogP contribution in [0.5, 0.6) is 0 Å². The lowest BCUT2D eigenvalue weighted by molar-refractivity contribution is 0.0879. The van der Waals surface area contributed by atoms with Gasteiger partial charge in [-0.2, -0.15) is 0 Å². The van der Waals surface area contributed by atoms with E-state index in [9.17, 15) is 14.4 Å². The molecule has 2 N–H and O–H groups in total. The van der Waals surface area contributed by atoms with E-state index in [1.54, 1.807) is 36.4 Å². The molecule has 2 aromatic heterocycles. The van der Waals surface area contributed by atoms with Gasteiger partial charge in [-0.05, 0) is 42.5 Å². The Hall–Kier alpha value is -4.39. The molecule has 7 nitrogen and oxygen atoms in total. The lowest BCUT2D eigenvalue weighted by Gasteiger charge is -1.99. The number of para-hydroxylation sites is 1. The van der Waals surface area contributed by atoms with E-state index in [2.05, 4.69) is 17.0 Å². The molecule has 7 heteroatoms. The van der Waals surface area contributed by atoms with E-state index in [0.717, 1.165) is 0 Å². The fourth-order valence-electron chi connectivity index (χ4n) is 3.45. The number of benzene rings is 2. The topological polar surface area (TPSA) is 97.1 Å². The van der Waals surface area contributed by atoms with Crippen molar-refractivity contribution in [1.29, 1.82) is 0 Å². The first-order valence-corrected chi connectivity index (χ1v) is 9.18. The fraction of sp³-hybridized carbons (Fsp3) is 0. The van der Waals surface area contributed by atoms with E-state index >= 15 is 0 Å². The summed E-state index contributed by atoms with van der Waals surface area (Å²) in [5.74, 6) is 0.152. The van der Waals surface area contributed by atoms with E-state index in [1.165, 1.54) is 4.68 Å². The zero-order valence-electron chi connectivity index (χ0n) is 15.6. The number of hydrogen-bond acceptors (Lipinski definition) is 4. The summed E-state index contributed by atoms with van der Waals surface area (Å²) >= 11 is 0. The highest BCUT2D eigenvalue weighted by Crippen LogP contribution is 2.26. The third kappa shape index (κ3) is 2.80. The van der Waals surface area contributed by atoms with E-state index in [-0.39, 0.29) is 5.56 Å². The Balaban J connectivity index is 1.54.